The molecule has 0 unspecified atom stereocenters. The molecule has 2 heterocycles. The molecule has 2 fully saturated rings. The van der Waals surface area contributed by atoms with Gasteiger partial charge in [0, 0.05) is 23.7 Å². The molecule has 1 aromatic carbocycles. The van der Waals surface area contributed by atoms with Crippen LogP contribution in [0.25, 0.3) is 0 Å². The van der Waals surface area contributed by atoms with Crippen LogP contribution in [0.2, 0.25) is 5.02 Å². The Balaban J connectivity index is 1.69. The molecular formula is C16H21ClN2O. The first-order valence-electron chi connectivity index (χ1n) is 7.31. The molecule has 108 valence electrons. The van der Waals surface area contributed by atoms with E-state index < -0.39 is 0 Å². The Kier molecular flexibility index (Phi) is 3.74. The first-order valence-corrected chi connectivity index (χ1v) is 7.69. The van der Waals surface area contributed by atoms with Crippen molar-refractivity contribution in [1.29, 1.82) is 0 Å². The molecule has 3 rings (SSSR count). The summed E-state index contributed by atoms with van der Waals surface area (Å²) in [6, 6.07) is 7.27. The zero-order chi connectivity index (χ0) is 14.2. The van der Waals surface area contributed by atoms with E-state index in [2.05, 4.69) is 11.9 Å². The van der Waals surface area contributed by atoms with E-state index >= 15 is 0 Å². The van der Waals surface area contributed by atoms with Gasteiger partial charge in [-0.3, -0.25) is 4.79 Å². The maximum absolute atomic E-state index is 12.5. The lowest BCUT2D eigenvalue weighted by Gasteiger charge is -2.37. The molecule has 0 bridgehead atoms. The predicted octanol–water partition coefficient (Wildman–Crippen LogP) is 2.90. The van der Waals surface area contributed by atoms with E-state index in [1.807, 2.05) is 17.0 Å². The van der Waals surface area contributed by atoms with Crippen molar-refractivity contribution in [2.24, 2.45) is 5.41 Å². The lowest BCUT2D eigenvalue weighted by Crippen LogP contribution is -2.40. The number of nitrogens with zero attached hydrogens (tertiary/aromatic N) is 2. The van der Waals surface area contributed by atoms with Crippen molar-refractivity contribution in [3.63, 3.8) is 0 Å². The largest absolute Gasteiger partial charge is 0.338 e. The molecule has 0 aliphatic carbocycles. The topological polar surface area (TPSA) is 23.6 Å². The van der Waals surface area contributed by atoms with Crippen molar-refractivity contribution in [3.05, 3.63) is 34.9 Å². The van der Waals surface area contributed by atoms with Gasteiger partial charge in [0.05, 0.1) is 0 Å². The predicted molar refractivity (Wildman–Crippen MR) is 81.1 cm³/mol. The van der Waals surface area contributed by atoms with Gasteiger partial charge in [-0.15, -0.1) is 0 Å². The van der Waals surface area contributed by atoms with E-state index in [0.717, 1.165) is 32.6 Å². The van der Waals surface area contributed by atoms with Crippen molar-refractivity contribution in [2.75, 3.05) is 33.2 Å². The van der Waals surface area contributed by atoms with Gasteiger partial charge in [0.25, 0.3) is 5.91 Å². The number of carbonyl (C=O) groups is 1. The number of carbonyl (C=O) groups excluding carboxylic acids is 1. The summed E-state index contributed by atoms with van der Waals surface area (Å²) in [6.07, 6.45) is 3.57. The Morgan fingerprint density at radius 1 is 1.20 bits per heavy atom. The molecule has 0 radical (unpaired) electrons. The van der Waals surface area contributed by atoms with Gasteiger partial charge < -0.3 is 9.80 Å². The van der Waals surface area contributed by atoms with Gasteiger partial charge in [0.2, 0.25) is 0 Å². The molecule has 0 atom stereocenters. The van der Waals surface area contributed by atoms with Crippen LogP contribution in [0.4, 0.5) is 0 Å². The Hall–Kier alpha value is -1.06. The van der Waals surface area contributed by atoms with E-state index in [1.165, 1.54) is 12.8 Å². The van der Waals surface area contributed by atoms with Gasteiger partial charge in [-0.25, -0.2) is 0 Å². The van der Waals surface area contributed by atoms with Crippen molar-refractivity contribution < 1.29 is 4.79 Å². The molecule has 1 aromatic rings. The first-order chi connectivity index (χ1) is 9.58. The minimum Gasteiger partial charge on any atom is -0.338 e. The average Bonchev–Trinajstić information content (AvgIpc) is 2.86. The molecular weight excluding hydrogens is 272 g/mol. The van der Waals surface area contributed by atoms with Crippen LogP contribution in [0.5, 0.6) is 0 Å². The summed E-state index contributed by atoms with van der Waals surface area (Å²) >= 11 is 5.98. The van der Waals surface area contributed by atoms with Crippen molar-refractivity contribution >= 4 is 17.5 Å². The van der Waals surface area contributed by atoms with Crippen LogP contribution >= 0.6 is 11.6 Å². The SMILES string of the molecule is CN1CCC2(CC1)CCN(C(=O)c1cccc(Cl)c1)C2. The third-order valence-electron chi connectivity index (χ3n) is 4.84. The van der Waals surface area contributed by atoms with Gasteiger partial charge in [-0.05, 0) is 63.0 Å². The second-order valence-corrected chi connectivity index (χ2v) is 6.73. The molecule has 0 N–H and O–H groups in total. The van der Waals surface area contributed by atoms with E-state index in [0.29, 0.717) is 16.0 Å². The van der Waals surface area contributed by atoms with Gasteiger partial charge >= 0.3 is 0 Å². The minimum absolute atomic E-state index is 0.128. The summed E-state index contributed by atoms with van der Waals surface area (Å²) in [7, 11) is 2.18. The number of likely N-dealkylation sites (tertiary alicyclic amines) is 2. The van der Waals surface area contributed by atoms with Crippen molar-refractivity contribution in [1.82, 2.24) is 9.80 Å². The molecule has 0 saturated carbocycles. The number of rotatable bonds is 1. The van der Waals surface area contributed by atoms with E-state index in [9.17, 15) is 4.79 Å². The highest BCUT2D eigenvalue weighted by Gasteiger charge is 2.41. The van der Waals surface area contributed by atoms with Crippen LogP contribution in [-0.2, 0) is 0 Å². The fourth-order valence-corrected chi connectivity index (χ4v) is 3.60. The summed E-state index contributed by atoms with van der Waals surface area (Å²) in [5, 5.41) is 0.629. The first kappa shape index (κ1) is 13.9. The molecule has 4 heteroatoms. The monoisotopic (exact) mass is 292 g/mol. The molecule has 2 aliphatic heterocycles. The Labute approximate surface area is 125 Å². The van der Waals surface area contributed by atoms with Crippen LogP contribution in [0.3, 0.4) is 0 Å². The van der Waals surface area contributed by atoms with Crippen LogP contribution in [-0.4, -0.2) is 48.9 Å². The molecule has 2 aliphatic rings. The number of benzene rings is 1. The normalized spacial score (nSPS) is 22.4. The van der Waals surface area contributed by atoms with Crippen LogP contribution < -0.4 is 0 Å². The maximum atomic E-state index is 12.5. The quantitative estimate of drug-likeness (QED) is 0.795. The summed E-state index contributed by atoms with van der Waals surface area (Å²) in [6.45, 7) is 4.10. The summed E-state index contributed by atoms with van der Waals surface area (Å²) in [5.74, 6) is 0.128. The highest BCUT2D eigenvalue weighted by atomic mass is 35.5. The fourth-order valence-electron chi connectivity index (χ4n) is 3.41. The zero-order valence-electron chi connectivity index (χ0n) is 11.9. The lowest BCUT2D eigenvalue weighted by molar-refractivity contribution is 0.0736. The molecule has 3 nitrogen and oxygen atoms in total. The lowest BCUT2D eigenvalue weighted by atomic mass is 9.78. The van der Waals surface area contributed by atoms with E-state index in [1.54, 1.807) is 12.1 Å². The highest BCUT2D eigenvalue weighted by molar-refractivity contribution is 6.30. The Morgan fingerprint density at radius 3 is 2.60 bits per heavy atom. The van der Waals surface area contributed by atoms with Crippen LogP contribution in [0, 0.1) is 5.41 Å². The standard InChI is InChI=1S/C16H21ClN2O/c1-18-8-5-16(6-9-18)7-10-19(12-16)15(20)13-3-2-4-14(17)11-13/h2-4,11H,5-10,12H2,1H3. The van der Waals surface area contributed by atoms with E-state index in [-0.39, 0.29) is 5.91 Å². The molecule has 1 spiro atoms. The van der Waals surface area contributed by atoms with Gasteiger partial charge in [0.1, 0.15) is 0 Å². The minimum atomic E-state index is 0.128. The molecule has 2 saturated heterocycles. The third-order valence-corrected chi connectivity index (χ3v) is 5.08. The summed E-state index contributed by atoms with van der Waals surface area (Å²) in [5.41, 5.74) is 1.07. The molecule has 20 heavy (non-hydrogen) atoms. The number of hydrogen-bond acceptors (Lipinski definition) is 2. The number of halogens is 1. The molecule has 0 aromatic heterocycles. The maximum Gasteiger partial charge on any atom is 0.253 e. The highest BCUT2D eigenvalue weighted by Crippen LogP contribution is 2.40. The second kappa shape index (κ2) is 5.38. The van der Waals surface area contributed by atoms with Gasteiger partial charge in [-0.1, -0.05) is 17.7 Å². The molecule has 1 amide bonds. The van der Waals surface area contributed by atoms with E-state index in [4.69, 9.17) is 11.6 Å². The van der Waals surface area contributed by atoms with Crippen LogP contribution in [0.15, 0.2) is 24.3 Å². The van der Waals surface area contributed by atoms with Gasteiger partial charge in [-0.2, -0.15) is 0 Å². The zero-order valence-corrected chi connectivity index (χ0v) is 12.7. The number of piperidine rings is 1. The van der Waals surface area contributed by atoms with Crippen LogP contribution in [0.1, 0.15) is 29.6 Å². The third kappa shape index (κ3) is 2.70. The summed E-state index contributed by atoms with van der Waals surface area (Å²) < 4.78 is 0. The van der Waals surface area contributed by atoms with Gasteiger partial charge in [0.15, 0.2) is 0 Å². The summed E-state index contributed by atoms with van der Waals surface area (Å²) in [4.78, 5) is 16.9. The van der Waals surface area contributed by atoms with Crippen molar-refractivity contribution in [2.45, 2.75) is 19.3 Å². The van der Waals surface area contributed by atoms with Crippen molar-refractivity contribution in [3.8, 4) is 0 Å². The average molecular weight is 293 g/mol. The smallest absolute Gasteiger partial charge is 0.253 e. The number of amides is 1. The number of hydrogen-bond donors (Lipinski definition) is 0. The second-order valence-electron chi connectivity index (χ2n) is 6.29. The fraction of sp³-hybridized carbons (Fsp3) is 0.562. The Bertz CT molecular complexity index is 509. The Morgan fingerprint density at radius 2 is 1.90 bits per heavy atom.